The van der Waals surface area contributed by atoms with Crippen LogP contribution < -0.4 is 0 Å². The molecule has 0 saturated carbocycles. The number of hydrogen-bond donors (Lipinski definition) is 0. The van der Waals surface area contributed by atoms with Crippen LogP contribution in [0, 0.1) is 5.92 Å². The second-order valence-corrected chi connectivity index (χ2v) is 3.42. The van der Waals surface area contributed by atoms with Crippen LogP contribution in [0.25, 0.3) is 0 Å². The van der Waals surface area contributed by atoms with Crippen molar-refractivity contribution >= 4 is 5.78 Å². The summed E-state index contributed by atoms with van der Waals surface area (Å²) in [5.74, 6) is 0.480. The lowest BCUT2D eigenvalue weighted by atomic mass is 9.99. The molecular weight excluding hydrogens is 152 g/mol. The molecule has 0 saturated heterocycles. The minimum atomic E-state index is 0.198. The van der Waals surface area contributed by atoms with Crippen LogP contribution in [-0.2, 0) is 9.53 Å². The SMILES string of the molecule is CCC(CCOC(C)C)C(C)=O. The Morgan fingerprint density at radius 3 is 2.33 bits per heavy atom. The van der Waals surface area contributed by atoms with Crippen molar-refractivity contribution in [3.8, 4) is 0 Å². The van der Waals surface area contributed by atoms with Crippen molar-refractivity contribution in [1.82, 2.24) is 0 Å². The lowest BCUT2D eigenvalue weighted by Gasteiger charge is -2.12. The molecule has 0 aromatic heterocycles. The summed E-state index contributed by atoms with van der Waals surface area (Å²) in [6.45, 7) is 8.42. The third-order valence-corrected chi connectivity index (χ3v) is 1.99. The van der Waals surface area contributed by atoms with Gasteiger partial charge in [-0.2, -0.15) is 0 Å². The number of ether oxygens (including phenoxy) is 1. The maximum absolute atomic E-state index is 11.0. The Kier molecular flexibility index (Phi) is 5.99. The van der Waals surface area contributed by atoms with Gasteiger partial charge < -0.3 is 4.74 Å². The summed E-state index contributed by atoms with van der Waals surface area (Å²) in [7, 11) is 0. The number of hydrogen-bond acceptors (Lipinski definition) is 2. The molecule has 0 aromatic carbocycles. The van der Waals surface area contributed by atoms with Crippen LogP contribution in [0.1, 0.15) is 40.5 Å². The first-order valence-electron chi connectivity index (χ1n) is 4.70. The fraction of sp³-hybridized carbons (Fsp3) is 0.900. The van der Waals surface area contributed by atoms with Gasteiger partial charge in [0.05, 0.1) is 6.10 Å². The summed E-state index contributed by atoms with van der Waals surface area (Å²) in [4.78, 5) is 11.0. The van der Waals surface area contributed by atoms with E-state index in [4.69, 9.17) is 4.74 Å². The Hall–Kier alpha value is -0.370. The van der Waals surface area contributed by atoms with Crippen molar-refractivity contribution in [2.45, 2.75) is 46.6 Å². The van der Waals surface area contributed by atoms with E-state index in [1.54, 1.807) is 6.92 Å². The minimum absolute atomic E-state index is 0.198. The third kappa shape index (κ3) is 5.30. The van der Waals surface area contributed by atoms with Crippen LogP contribution in [-0.4, -0.2) is 18.5 Å². The first-order valence-corrected chi connectivity index (χ1v) is 4.70. The highest BCUT2D eigenvalue weighted by Gasteiger charge is 2.11. The van der Waals surface area contributed by atoms with Crippen molar-refractivity contribution in [1.29, 1.82) is 0 Å². The van der Waals surface area contributed by atoms with Crippen LogP contribution in [0.4, 0.5) is 0 Å². The fourth-order valence-corrected chi connectivity index (χ4v) is 1.14. The number of rotatable bonds is 6. The Balaban J connectivity index is 3.52. The number of Topliss-reactive ketones (excluding diaryl/α,β-unsaturated/α-hetero) is 1. The van der Waals surface area contributed by atoms with E-state index in [1.165, 1.54) is 0 Å². The lowest BCUT2D eigenvalue weighted by molar-refractivity contribution is -0.121. The highest BCUT2D eigenvalue weighted by Crippen LogP contribution is 2.09. The van der Waals surface area contributed by atoms with Gasteiger partial charge in [0.2, 0.25) is 0 Å². The van der Waals surface area contributed by atoms with Gasteiger partial charge in [-0.3, -0.25) is 4.79 Å². The van der Waals surface area contributed by atoms with Gasteiger partial charge in [-0.1, -0.05) is 6.92 Å². The Bertz CT molecular complexity index is 130. The van der Waals surface area contributed by atoms with Crippen molar-refractivity contribution in [2.24, 2.45) is 5.92 Å². The van der Waals surface area contributed by atoms with Crippen molar-refractivity contribution in [2.75, 3.05) is 6.61 Å². The van der Waals surface area contributed by atoms with E-state index in [9.17, 15) is 4.79 Å². The molecule has 0 fully saturated rings. The summed E-state index contributed by atoms with van der Waals surface area (Å²) in [6.07, 6.45) is 2.07. The molecule has 0 radical (unpaired) electrons. The number of carbonyl (C=O) groups is 1. The lowest BCUT2D eigenvalue weighted by Crippen LogP contribution is -2.14. The highest BCUT2D eigenvalue weighted by atomic mass is 16.5. The summed E-state index contributed by atoms with van der Waals surface area (Å²) in [6, 6.07) is 0. The molecule has 0 amide bonds. The van der Waals surface area contributed by atoms with Gasteiger partial charge in [0.1, 0.15) is 5.78 Å². The van der Waals surface area contributed by atoms with Crippen LogP contribution in [0.15, 0.2) is 0 Å². The zero-order valence-corrected chi connectivity index (χ0v) is 8.59. The predicted octanol–water partition coefficient (Wildman–Crippen LogP) is 2.42. The molecule has 0 aliphatic rings. The molecule has 12 heavy (non-hydrogen) atoms. The molecule has 0 aromatic rings. The van der Waals surface area contributed by atoms with Crippen LogP contribution in [0.2, 0.25) is 0 Å². The monoisotopic (exact) mass is 172 g/mol. The van der Waals surface area contributed by atoms with E-state index in [0.717, 1.165) is 12.8 Å². The second kappa shape index (κ2) is 6.18. The maximum atomic E-state index is 11.0. The van der Waals surface area contributed by atoms with Crippen LogP contribution in [0.5, 0.6) is 0 Å². The Labute approximate surface area is 75.3 Å². The maximum Gasteiger partial charge on any atom is 0.132 e. The molecule has 0 spiro atoms. The van der Waals surface area contributed by atoms with Crippen molar-refractivity contribution in [3.05, 3.63) is 0 Å². The van der Waals surface area contributed by atoms with Crippen molar-refractivity contribution < 1.29 is 9.53 Å². The molecule has 0 aliphatic heterocycles. The van der Waals surface area contributed by atoms with E-state index in [1.807, 2.05) is 20.8 Å². The average molecular weight is 172 g/mol. The molecule has 1 atom stereocenters. The summed E-state index contributed by atoms with van der Waals surface area (Å²) >= 11 is 0. The quantitative estimate of drug-likeness (QED) is 0.615. The number of ketones is 1. The molecular formula is C10H20O2. The average Bonchev–Trinajstić information content (AvgIpc) is 1.96. The fourth-order valence-electron chi connectivity index (χ4n) is 1.14. The van der Waals surface area contributed by atoms with Gasteiger partial charge in [-0.25, -0.2) is 0 Å². The molecule has 0 aliphatic carbocycles. The van der Waals surface area contributed by atoms with Crippen LogP contribution >= 0.6 is 0 Å². The van der Waals surface area contributed by atoms with Gasteiger partial charge in [-0.05, 0) is 33.6 Å². The summed E-state index contributed by atoms with van der Waals surface area (Å²) < 4.78 is 5.37. The smallest absolute Gasteiger partial charge is 0.132 e. The second-order valence-electron chi connectivity index (χ2n) is 3.42. The molecule has 2 heteroatoms. The zero-order chi connectivity index (χ0) is 9.56. The van der Waals surface area contributed by atoms with Gasteiger partial charge in [0.15, 0.2) is 0 Å². The van der Waals surface area contributed by atoms with Gasteiger partial charge in [0, 0.05) is 12.5 Å². The van der Waals surface area contributed by atoms with E-state index in [0.29, 0.717) is 6.61 Å². The Morgan fingerprint density at radius 2 is 2.00 bits per heavy atom. The molecule has 0 N–H and O–H groups in total. The molecule has 0 bridgehead atoms. The first-order chi connectivity index (χ1) is 5.57. The van der Waals surface area contributed by atoms with Crippen molar-refractivity contribution in [3.63, 3.8) is 0 Å². The number of carbonyl (C=O) groups excluding carboxylic acids is 1. The molecule has 2 nitrogen and oxygen atoms in total. The third-order valence-electron chi connectivity index (χ3n) is 1.99. The van der Waals surface area contributed by atoms with Gasteiger partial charge >= 0.3 is 0 Å². The Morgan fingerprint density at radius 1 is 1.42 bits per heavy atom. The van der Waals surface area contributed by atoms with E-state index in [-0.39, 0.29) is 17.8 Å². The first kappa shape index (κ1) is 11.6. The van der Waals surface area contributed by atoms with E-state index >= 15 is 0 Å². The van der Waals surface area contributed by atoms with Crippen LogP contribution in [0.3, 0.4) is 0 Å². The van der Waals surface area contributed by atoms with E-state index in [2.05, 4.69) is 0 Å². The molecule has 0 rings (SSSR count). The standard InChI is InChI=1S/C10H20O2/c1-5-10(9(4)11)6-7-12-8(2)3/h8,10H,5-7H2,1-4H3. The molecule has 0 heterocycles. The summed E-state index contributed by atoms with van der Waals surface area (Å²) in [5, 5.41) is 0. The molecule has 72 valence electrons. The largest absolute Gasteiger partial charge is 0.379 e. The normalized spacial score (nSPS) is 13.4. The topological polar surface area (TPSA) is 26.3 Å². The van der Waals surface area contributed by atoms with Gasteiger partial charge in [-0.15, -0.1) is 0 Å². The van der Waals surface area contributed by atoms with E-state index < -0.39 is 0 Å². The minimum Gasteiger partial charge on any atom is -0.379 e. The highest BCUT2D eigenvalue weighted by molar-refractivity contribution is 5.78. The predicted molar refractivity (Wildman–Crippen MR) is 50.2 cm³/mol. The summed E-state index contributed by atoms with van der Waals surface area (Å²) in [5.41, 5.74) is 0. The zero-order valence-electron chi connectivity index (χ0n) is 8.59. The van der Waals surface area contributed by atoms with Gasteiger partial charge in [0.25, 0.3) is 0 Å². The molecule has 1 unspecified atom stereocenters.